The Kier molecular flexibility index (Phi) is 7.27. The average Bonchev–Trinajstić information content (AvgIpc) is 2.39. The number of nitrogens with one attached hydrogen (secondary N) is 2. The number of benzene rings is 1. The van der Waals surface area contributed by atoms with Crippen LogP contribution in [0.15, 0.2) is 29.2 Å². The van der Waals surface area contributed by atoms with Gasteiger partial charge in [0, 0.05) is 10.6 Å². The van der Waals surface area contributed by atoms with Crippen molar-refractivity contribution in [2.24, 2.45) is 0 Å². The zero-order valence-electron chi connectivity index (χ0n) is 11.5. The predicted octanol–water partition coefficient (Wildman–Crippen LogP) is 2.54. The normalized spacial score (nSPS) is 11.5. The first-order valence-electron chi connectivity index (χ1n) is 6.42. The van der Waals surface area contributed by atoms with Gasteiger partial charge in [-0.2, -0.15) is 0 Å². The molecule has 0 amide bonds. The van der Waals surface area contributed by atoms with Crippen molar-refractivity contribution in [3.8, 4) is 0 Å². The van der Waals surface area contributed by atoms with Crippen LogP contribution in [0.1, 0.15) is 19.8 Å². The Bertz CT molecular complexity index is 458. The van der Waals surface area contributed by atoms with Gasteiger partial charge in [0.25, 0.3) is 0 Å². The van der Waals surface area contributed by atoms with Crippen LogP contribution in [-0.2, 0) is 10.0 Å². The van der Waals surface area contributed by atoms with Crippen LogP contribution in [0.3, 0.4) is 0 Å². The van der Waals surface area contributed by atoms with Crippen LogP contribution >= 0.6 is 11.8 Å². The molecule has 0 bridgehead atoms. The number of hydrogen-bond acceptors (Lipinski definition) is 4. The van der Waals surface area contributed by atoms with Crippen LogP contribution in [0, 0.1) is 0 Å². The first kappa shape index (κ1) is 16.3. The molecule has 0 saturated carbocycles. The van der Waals surface area contributed by atoms with Crippen LogP contribution in [0.4, 0.5) is 5.69 Å². The molecule has 2 N–H and O–H groups in total. The molecular formula is C13H22N2O2S2. The minimum absolute atomic E-state index is 0.147. The lowest BCUT2D eigenvalue weighted by atomic mass is 10.3. The Balaban J connectivity index is 2.40. The summed E-state index contributed by atoms with van der Waals surface area (Å²) in [6, 6.07) is 7.40. The zero-order chi connectivity index (χ0) is 14.1. The third-order valence-corrected chi connectivity index (χ3v) is 4.67. The Morgan fingerprint density at radius 1 is 1.16 bits per heavy atom. The molecule has 0 unspecified atom stereocenters. The third-order valence-electron chi connectivity index (χ3n) is 2.56. The summed E-state index contributed by atoms with van der Waals surface area (Å²) in [6.45, 7) is 3.76. The van der Waals surface area contributed by atoms with Crippen LogP contribution in [-0.4, -0.2) is 33.5 Å². The molecule has 19 heavy (non-hydrogen) atoms. The van der Waals surface area contributed by atoms with Gasteiger partial charge in [-0.1, -0.05) is 6.92 Å². The second-order valence-corrected chi connectivity index (χ2v) is 6.97. The van der Waals surface area contributed by atoms with E-state index in [4.69, 9.17) is 0 Å². The van der Waals surface area contributed by atoms with Gasteiger partial charge in [-0.3, -0.25) is 4.72 Å². The highest BCUT2D eigenvalue weighted by molar-refractivity contribution is 7.98. The van der Waals surface area contributed by atoms with E-state index in [1.165, 1.54) is 0 Å². The highest BCUT2D eigenvalue weighted by Crippen LogP contribution is 2.18. The SMILES string of the molecule is CCCNCCCS(=O)(=O)Nc1ccc(SC)cc1. The van der Waals surface area contributed by atoms with E-state index >= 15 is 0 Å². The van der Waals surface area contributed by atoms with Crippen molar-refractivity contribution in [1.82, 2.24) is 5.32 Å². The molecule has 108 valence electrons. The average molecular weight is 302 g/mol. The minimum Gasteiger partial charge on any atom is -0.317 e. The second-order valence-electron chi connectivity index (χ2n) is 4.25. The molecule has 1 aromatic carbocycles. The fraction of sp³-hybridized carbons (Fsp3) is 0.538. The third kappa shape index (κ3) is 6.84. The number of anilines is 1. The lowest BCUT2D eigenvalue weighted by Gasteiger charge is -2.08. The van der Waals surface area contributed by atoms with Gasteiger partial charge in [-0.05, 0) is 56.5 Å². The molecule has 0 saturated heterocycles. The van der Waals surface area contributed by atoms with Crippen molar-refractivity contribution < 1.29 is 8.42 Å². The van der Waals surface area contributed by atoms with E-state index in [1.807, 2.05) is 18.4 Å². The molecular weight excluding hydrogens is 280 g/mol. The maximum Gasteiger partial charge on any atom is 0.232 e. The summed E-state index contributed by atoms with van der Waals surface area (Å²) in [5, 5.41) is 3.19. The summed E-state index contributed by atoms with van der Waals surface area (Å²) in [4.78, 5) is 1.12. The fourth-order valence-corrected chi connectivity index (χ4v) is 3.11. The molecule has 0 aliphatic rings. The summed E-state index contributed by atoms with van der Waals surface area (Å²) in [7, 11) is -3.24. The first-order chi connectivity index (χ1) is 9.07. The number of rotatable bonds is 9. The molecule has 0 aliphatic heterocycles. The van der Waals surface area contributed by atoms with Gasteiger partial charge in [0.05, 0.1) is 5.75 Å². The van der Waals surface area contributed by atoms with E-state index in [9.17, 15) is 8.42 Å². The molecule has 0 spiro atoms. The van der Waals surface area contributed by atoms with E-state index in [-0.39, 0.29) is 5.75 Å². The van der Waals surface area contributed by atoms with E-state index in [1.54, 1.807) is 23.9 Å². The van der Waals surface area contributed by atoms with Crippen LogP contribution in [0.25, 0.3) is 0 Å². The van der Waals surface area contributed by atoms with Gasteiger partial charge in [-0.25, -0.2) is 8.42 Å². The molecule has 0 fully saturated rings. The molecule has 0 atom stereocenters. The zero-order valence-corrected chi connectivity index (χ0v) is 13.1. The van der Waals surface area contributed by atoms with E-state index in [2.05, 4.69) is 17.0 Å². The monoisotopic (exact) mass is 302 g/mol. The van der Waals surface area contributed by atoms with E-state index in [0.717, 1.165) is 24.4 Å². The summed E-state index contributed by atoms with van der Waals surface area (Å²) in [5.74, 6) is 0.147. The highest BCUT2D eigenvalue weighted by atomic mass is 32.2. The Hall–Kier alpha value is -0.720. The van der Waals surface area contributed by atoms with Crippen LogP contribution < -0.4 is 10.0 Å². The molecule has 0 radical (unpaired) electrons. The van der Waals surface area contributed by atoms with Gasteiger partial charge in [-0.15, -0.1) is 11.8 Å². The van der Waals surface area contributed by atoms with Crippen LogP contribution in [0.5, 0.6) is 0 Å². The van der Waals surface area contributed by atoms with Gasteiger partial charge < -0.3 is 5.32 Å². The summed E-state index contributed by atoms with van der Waals surface area (Å²) >= 11 is 1.63. The first-order valence-corrected chi connectivity index (χ1v) is 9.30. The van der Waals surface area contributed by atoms with Crippen molar-refractivity contribution in [3.63, 3.8) is 0 Å². The Morgan fingerprint density at radius 2 is 1.84 bits per heavy atom. The molecule has 0 aromatic heterocycles. The van der Waals surface area contributed by atoms with Crippen molar-refractivity contribution in [1.29, 1.82) is 0 Å². The van der Waals surface area contributed by atoms with Crippen molar-refractivity contribution >= 4 is 27.5 Å². The van der Waals surface area contributed by atoms with Crippen molar-refractivity contribution in [3.05, 3.63) is 24.3 Å². The van der Waals surface area contributed by atoms with E-state index < -0.39 is 10.0 Å². The number of sulfonamides is 1. The standard InChI is InChI=1S/C13H22N2O2S2/c1-3-9-14-10-4-11-19(16,17)15-12-5-7-13(18-2)8-6-12/h5-8,14-15H,3-4,9-11H2,1-2H3. The van der Waals surface area contributed by atoms with Gasteiger partial charge in [0.2, 0.25) is 10.0 Å². The Labute approximate surface area is 120 Å². The maximum absolute atomic E-state index is 11.8. The molecule has 1 rings (SSSR count). The largest absolute Gasteiger partial charge is 0.317 e. The van der Waals surface area contributed by atoms with Gasteiger partial charge in [0.1, 0.15) is 0 Å². The predicted molar refractivity (Wildman–Crippen MR) is 83.4 cm³/mol. The van der Waals surface area contributed by atoms with Crippen LogP contribution in [0.2, 0.25) is 0 Å². The summed E-state index contributed by atoms with van der Waals surface area (Å²) < 4.78 is 26.3. The molecule has 4 nitrogen and oxygen atoms in total. The van der Waals surface area contributed by atoms with Gasteiger partial charge >= 0.3 is 0 Å². The lowest BCUT2D eigenvalue weighted by Crippen LogP contribution is -2.22. The summed E-state index contributed by atoms with van der Waals surface area (Å²) in [5.41, 5.74) is 0.624. The highest BCUT2D eigenvalue weighted by Gasteiger charge is 2.09. The number of thioether (sulfide) groups is 1. The van der Waals surface area contributed by atoms with Gasteiger partial charge in [0.15, 0.2) is 0 Å². The maximum atomic E-state index is 11.8. The minimum atomic E-state index is -3.24. The van der Waals surface area contributed by atoms with Crippen molar-refractivity contribution in [2.75, 3.05) is 29.8 Å². The molecule has 6 heteroatoms. The topological polar surface area (TPSA) is 58.2 Å². The molecule has 0 heterocycles. The second kappa shape index (κ2) is 8.45. The molecule has 1 aromatic rings. The van der Waals surface area contributed by atoms with E-state index in [0.29, 0.717) is 12.1 Å². The van der Waals surface area contributed by atoms with Crippen molar-refractivity contribution in [2.45, 2.75) is 24.7 Å². The smallest absolute Gasteiger partial charge is 0.232 e. The lowest BCUT2D eigenvalue weighted by molar-refractivity contribution is 0.593. The Morgan fingerprint density at radius 3 is 2.42 bits per heavy atom. The quantitative estimate of drug-likeness (QED) is 0.544. The summed E-state index contributed by atoms with van der Waals surface area (Å²) in [6.07, 6.45) is 3.67. The fourth-order valence-electron chi connectivity index (χ4n) is 1.58. The molecule has 0 aliphatic carbocycles. The number of hydrogen-bond donors (Lipinski definition) is 2.